The number of anilines is 1. The lowest BCUT2D eigenvalue weighted by molar-refractivity contribution is -0.132. The molecule has 1 heterocycles. The van der Waals surface area contributed by atoms with E-state index in [-0.39, 0.29) is 32.8 Å². The van der Waals surface area contributed by atoms with Gasteiger partial charge in [0.15, 0.2) is 17.5 Å². The van der Waals surface area contributed by atoms with Gasteiger partial charge in [-0.15, -0.1) is 0 Å². The van der Waals surface area contributed by atoms with Crippen molar-refractivity contribution in [3.8, 4) is 0 Å². The van der Waals surface area contributed by atoms with Crippen LogP contribution in [0, 0.1) is 17.5 Å². The molecule has 3 amide bonds. The van der Waals surface area contributed by atoms with Crippen molar-refractivity contribution in [1.82, 2.24) is 9.80 Å². The lowest BCUT2D eigenvalue weighted by atomic mass is 10.2. The predicted octanol–water partition coefficient (Wildman–Crippen LogP) is 1.76. The van der Waals surface area contributed by atoms with E-state index in [1.54, 1.807) is 6.92 Å². The van der Waals surface area contributed by atoms with Gasteiger partial charge in [-0.05, 0) is 19.1 Å². The van der Waals surface area contributed by atoms with Crippen LogP contribution in [-0.2, 0) is 14.3 Å². The molecule has 7 nitrogen and oxygen atoms in total. The summed E-state index contributed by atoms with van der Waals surface area (Å²) >= 11 is 0. The lowest BCUT2D eigenvalue weighted by Gasteiger charge is -2.35. The number of carbonyl (C=O) groups excluding carboxylic acids is 3. The molecule has 1 saturated heterocycles. The van der Waals surface area contributed by atoms with Gasteiger partial charge in [0, 0.05) is 33.1 Å². The maximum absolute atomic E-state index is 14.0. The molecule has 27 heavy (non-hydrogen) atoms. The van der Waals surface area contributed by atoms with Crippen LogP contribution in [0.5, 0.6) is 0 Å². The zero-order valence-electron chi connectivity index (χ0n) is 15.0. The molecule has 0 saturated carbocycles. The molecule has 0 radical (unpaired) electrons. The molecule has 0 spiro atoms. The van der Waals surface area contributed by atoms with Gasteiger partial charge in [0.25, 0.3) is 0 Å². The lowest BCUT2D eigenvalue weighted by Crippen LogP contribution is -2.53. The van der Waals surface area contributed by atoms with Crippen LogP contribution in [0.1, 0.15) is 13.8 Å². The number of ether oxygens (including phenoxy) is 1. The van der Waals surface area contributed by atoms with Gasteiger partial charge in [-0.1, -0.05) is 0 Å². The number of rotatable bonds is 4. The van der Waals surface area contributed by atoms with E-state index in [4.69, 9.17) is 4.74 Å². The minimum Gasteiger partial charge on any atom is -0.450 e. The van der Waals surface area contributed by atoms with Crippen LogP contribution in [0.25, 0.3) is 0 Å². The molecule has 0 atom stereocenters. The molecular formula is C17H20F3N3O4. The van der Waals surface area contributed by atoms with Gasteiger partial charge < -0.3 is 19.4 Å². The second-order valence-electron chi connectivity index (χ2n) is 5.87. The van der Waals surface area contributed by atoms with Gasteiger partial charge >= 0.3 is 6.09 Å². The zero-order chi connectivity index (χ0) is 20.1. The summed E-state index contributed by atoms with van der Waals surface area (Å²) in [5.41, 5.74) is -0.514. The monoisotopic (exact) mass is 387 g/mol. The standard InChI is InChI=1S/C17H20F3N3O4/c1-3-27-17(26)22-8-6-21(7-9-22)14(25)10-23(11(2)24)13-5-4-12(18)15(19)16(13)20/h4-5H,3,6-10H2,1-2H3. The topological polar surface area (TPSA) is 70.2 Å². The van der Waals surface area contributed by atoms with Crippen LogP contribution in [-0.4, -0.2) is 67.0 Å². The first-order chi connectivity index (χ1) is 12.8. The molecule has 0 bridgehead atoms. The van der Waals surface area contributed by atoms with Crippen LogP contribution >= 0.6 is 0 Å². The number of carbonyl (C=O) groups is 3. The Labute approximate surface area is 154 Å². The number of amides is 3. The fourth-order valence-corrected chi connectivity index (χ4v) is 2.68. The van der Waals surface area contributed by atoms with E-state index in [1.165, 1.54) is 9.80 Å². The van der Waals surface area contributed by atoms with Crippen LogP contribution < -0.4 is 4.90 Å². The Morgan fingerprint density at radius 2 is 1.63 bits per heavy atom. The number of hydrogen-bond acceptors (Lipinski definition) is 4. The molecule has 1 aliphatic rings. The van der Waals surface area contributed by atoms with E-state index in [1.807, 2.05) is 0 Å². The van der Waals surface area contributed by atoms with Crippen LogP contribution in [0.15, 0.2) is 12.1 Å². The highest BCUT2D eigenvalue weighted by molar-refractivity contribution is 5.97. The second-order valence-corrected chi connectivity index (χ2v) is 5.87. The Morgan fingerprint density at radius 3 is 2.19 bits per heavy atom. The Hall–Kier alpha value is -2.78. The summed E-state index contributed by atoms with van der Waals surface area (Å²) in [5.74, 6) is -5.84. The summed E-state index contributed by atoms with van der Waals surface area (Å²) in [7, 11) is 0. The first-order valence-corrected chi connectivity index (χ1v) is 8.37. The molecule has 0 aromatic heterocycles. The highest BCUT2D eigenvalue weighted by Crippen LogP contribution is 2.24. The molecular weight excluding hydrogens is 367 g/mol. The maximum Gasteiger partial charge on any atom is 0.409 e. The molecule has 1 fully saturated rings. The van der Waals surface area contributed by atoms with Crippen molar-refractivity contribution in [3.05, 3.63) is 29.6 Å². The first kappa shape index (κ1) is 20.5. The summed E-state index contributed by atoms with van der Waals surface area (Å²) in [6.45, 7) is 3.42. The summed E-state index contributed by atoms with van der Waals surface area (Å²) in [6, 6.07) is 1.59. The van der Waals surface area contributed by atoms with Crippen molar-refractivity contribution in [1.29, 1.82) is 0 Å². The van der Waals surface area contributed by atoms with Gasteiger partial charge in [0.2, 0.25) is 11.8 Å². The summed E-state index contributed by atoms with van der Waals surface area (Å²) in [5, 5.41) is 0. The fourth-order valence-electron chi connectivity index (χ4n) is 2.68. The highest BCUT2D eigenvalue weighted by Gasteiger charge is 2.28. The fraction of sp³-hybridized carbons (Fsp3) is 0.471. The van der Waals surface area contributed by atoms with Gasteiger partial charge in [0.1, 0.15) is 6.54 Å². The smallest absolute Gasteiger partial charge is 0.409 e. The van der Waals surface area contributed by atoms with Crippen molar-refractivity contribution in [3.63, 3.8) is 0 Å². The van der Waals surface area contributed by atoms with Gasteiger partial charge in [-0.3, -0.25) is 9.59 Å². The summed E-state index contributed by atoms with van der Waals surface area (Å²) < 4.78 is 45.4. The second kappa shape index (κ2) is 8.74. The van der Waals surface area contributed by atoms with E-state index < -0.39 is 47.6 Å². The van der Waals surface area contributed by atoms with Crippen molar-refractivity contribution in [2.75, 3.05) is 44.2 Å². The SMILES string of the molecule is CCOC(=O)N1CCN(C(=O)CN(C(C)=O)c2ccc(F)c(F)c2F)CC1. The van der Waals surface area contributed by atoms with Crippen molar-refractivity contribution in [2.45, 2.75) is 13.8 Å². The third-order valence-corrected chi connectivity index (χ3v) is 4.14. The molecule has 0 unspecified atom stereocenters. The Bertz CT molecular complexity index is 736. The Kier molecular flexibility index (Phi) is 6.65. The molecule has 1 aromatic rings. The number of piperazine rings is 1. The van der Waals surface area contributed by atoms with Gasteiger partial charge in [0.05, 0.1) is 12.3 Å². The van der Waals surface area contributed by atoms with Crippen LogP contribution in [0.3, 0.4) is 0 Å². The molecule has 1 aromatic carbocycles. The normalized spacial score (nSPS) is 14.1. The molecule has 148 valence electrons. The summed E-state index contributed by atoms with van der Waals surface area (Å²) in [6.07, 6.45) is -0.473. The molecule has 0 N–H and O–H groups in total. The van der Waals surface area contributed by atoms with E-state index >= 15 is 0 Å². The van der Waals surface area contributed by atoms with E-state index in [9.17, 15) is 27.6 Å². The van der Waals surface area contributed by atoms with Crippen molar-refractivity contribution < 1.29 is 32.3 Å². The van der Waals surface area contributed by atoms with Crippen molar-refractivity contribution >= 4 is 23.6 Å². The molecule has 10 heteroatoms. The summed E-state index contributed by atoms with van der Waals surface area (Å²) in [4.78, 5) is 39.6. The zero-order valence-corrected chi connectivity index (χ0v) is 15.0. The van der Waals surface area contributed by atoms with E-state index in [0.29, 0.717) is 6.07 Å². The number of hydrogen-bond donors (Lipinski definition) is 0. The molecule has 0 aliphatic carbocycles. The minimum atomic E-state index is -1.71. The maximum atomic E-state index is 14.0. The van der Waals surface area contributed by atoms with Gasteiger partial charge in [-0.2, -0.15) is 0 Å². The van der Waals surface area contributed by atoms with Gasteiger partial charge in [-0.25, -0.2) is 18.0 Å². The third kappa shape index (κ3) is 4.69. The predicted molar refractivity (Wildman–Crippen MR) is 89.5 cm³/mol. The number of halogens is 3. The van der Waals surface area contributed by atoms with Crippen LogP contribution in [0.2, 0.25) is 0 Å². The average molecular weight is 387 g/mol. The Balaban J connectivity index is 2.06. The molecule has 2 rings (SSSR count). The average Bonchev–Trinajstić information content (AvgIpc) is 2.65. The van der Waals surface area contributed by atoms with Crippen molar-refractivity contribution in [2.24, 2.45) is 0 Å². The quantitative estimate of drug-likeness (QED) is 0.739. The number of benzene rings is 1. The first-order valence-electron chi connectivity index (χ1n) is 8.37. The number of nitrogens with zero attached hydrogens (tertiary/aromatic N) is 3. The Morgan fingerprint density at radius 1 is 1.04 bits per heavy atom. The molecule has 1 aliphatic heterocycles. The van der Waals surface area contributed by atoms with E-state index in [2.05, 4.69) is 0 Å². The van der Waals surface area contributed by atoms with E-state index in [0.717, 1.165) is 17.9 Å². The largest absolute Gasteiger partial charge is 0.450 e. The van der Waals surface area contributed by atoms with Crippen LogP contribution in [0.4, 0.5) is 23.7 Å². The third-order valence-electron chi connectivity index (χ3n) is 4.14. The highest BCUT2D eigenvalue weighted by atomic mass is 19.2. The minimum absolute atomic E-state index is 0.212.